The lowest BCUT2D eigenvalue weighted by Crippen LogP contribution is -2.51. The predicted molar refractivity (Wildman–Crippen MR) is 241 cm³/mol. The smallest absolute Gasteiger partial charge is 0.401 e. The van der Waals surface area contributed by atoms with Crippen LogP contribution in [0.1, 0.15) is 34.4 Å². The van der Waals surface area contributed by atoms with Crippen molar-refractivity contribution in [1.82, 2.24) is 34.6 Å². The maximum absolute atomic E-state index is 14.5. The number of carboxylic acid groups (broad SMARTS) is 1. The Labute approximate surface area is 399 Å². The van der Waals surface area contributed by atoms with E-state index in [1.807, 2.05) is 11.0 Å². The van der Waals surface area contributed by atoms with Gasteiger partial charge in [-0.15, -0.1) is 11.3 Å². The number of piperazine rings is 1. The molecule has 364 valence electrons. The molecule has 1 fully saturated rings. The zero-order valence-electron chi connectivity index (χ0n) is 36.7. The second-order valence-electron chi connectivity index (χ2n) is 16.5. The number of aromatic nitrogens is 4. The molecule has 3 aromatic heterocycles. The van der Waals surface area contributed by atoms with Crippen LogP contribution in [0.2, 0.25) is 5.02 Å². The van der Waals surface area contributed by atoms with Gasteiger partial charge in [0.1, 0.15) is 35.9 Å². The lowest BCUT2D eigenvalue weighted by molar-refractivity contribution is -0.149. The first-order valence-corrected chi connectivity index (χ1v) is 22.8. The van der Waals surface area contributed by atoms with Crippen LogP contribution in [0.4, 0.5) is 30.7 Å². The molecule has 22 heteroatoms. The van der Waals surface area contributed by atoms with Gasteiger partial charge in [-0.2, -0.15) is 31.3 Å². The van der Waals surface area contributed by atoms with Crippen LogP contribution >= 0.6 is 22.9 Å². The van der Waals surface area contributed by atoms with Gasteiger partial charge in [0.25, 0.3) is 0 Å². The van der Waals surface area contributed by atoms with E-state index in [-0.39, 0.29) is 74.9 Å². The SMILES string of the molecule is Cc1c2ccc(c1Cl)CN(CCN1CCN(CC(F)(F)F)CC1)C(=O)Cc1ccc(OCc3ccnc(OCCC(F)(F)F)n3)c(c1)C[C@H](C(=O)O)Oc1ncnc3sc(-c4ccc(F)cc4)c-2c13. The van der Waals surface area contributed by atoms with Crippen molar-refractivity contribution in [2.45, 2.75) is 57.8 Å². The third kappa shape index (κ3) is 12.4. The topological polar surface area (TPSA) is 143 Å². The number of ether oxygens (including phenoxy) is 3. The van der Waals surface area contributed by atoms with Crippen molar-refractivity contribution in [2.75, 3.05) is 52.4 Å². The predicted octanol–water partition coefficient (Wildman–Crippen LogP) is 8.97. The van der Waals surface area contributed by atoms with Crippen LogP contribution in [-0.2, 0) is 35.6 Å². The van der Waals surface area contributed by atoms with E-state index in [0.29, 0.717) is 78.7 Å². The molecule has 0 saturated carbocycles. The monoisotopic (exact) mass is 1000 g/mol. The summed E-state index contributed by atoms with van der Waals surface area (Å²) in [5, 5.41) is 11.5. The van der Waals surface area contributed by atoms with Crippen LogP contribution in [0.3, 0.4) is 0 Å². The molecular formula is C47H43ClF7N7O6S. The molecule has 1 atom stereocenters. The molecule has 3 aliphatic heterocycles. The van der Waals surface area contributed by atoms with E-state index in [0.717, 1.165) is 0 Å². The van der Waals surface area contributed by atoms with Gasteiger partial charge in [0.15, 0.2) is 0 Å². The van der Waals surface area contributed by atoms with Crippen molar-refractivity contribution in [3.8, 4) is 39.2 Å². The van der Waals surface area contributed by atoms with Gasteiger partial charge in [0.2, 0.25) is 17.9 Å². The highest BCUT2D eigenvalue weighted by Crippen LogP contribution is 2.49. The summed E-state index contributed by atoms with van der Waals surface area (Å²) in [6, 6.07) is 15.5. The average molecular weight is 1000 g/mol. The van der Waals surface area contributed by atoms with Gasteiger partial charge in [0.05, 0.1) is 30.5 Å². The fourth-order valence-corrected chi connectivity index (χ4v) is 9.53. The minimum absolute atomic E-state index is 0.0609. The zero-order valence-corrected chi connectivity index (χ0v) is 38.3. The fourth-order valence-electron chi connectivity index (χ4n) is 8.16. The Morgan fingerprint density at radius 2 is 1.67 bits per heavy atom. The Hall–Kier alpha value is -6.16. The molecule has 69 heavy (non-hydrogen) atoms. The average Bonchev–Trinajstić information content (AvgIpc) is 3.68. The number of aliphatic carboxylic acids is 1. The van der Waals surface area contributed by atoms with E-state index in [1.54, 1.807) is 48.2 Å². The van der Waals surface area contributed by atoms with E-state index in [9.17, 15) is 45.4 Å². The standard InChI is InChI=1S/C47H43ClF7N7O6S/c1-27-34-8-5-30(40(27)48)23-62(18-17-60-13-15-61(16-14-60)25-47(53,54)55)37(63)21-28-2-9-35(67-24-33-10-12-56-45(59-33)66-19-11-46(50,51)52)31(20-28)22-36(44(64)65)68-42-39-38(34)41(69-43(39)58-26-57-42)29-3-6-32(49)7-4-29/h2-10,12,20,26,36H,11,13-19,21-25H2,1H3,(H,64,65)/t36-/m1/s1. The highest BCUT2D eigenvalue weighted by Gasteiger charge is 2.33. The van der Waals surface area contributed by atoms with Crippen molar-refractivity contribution < 1.29 is 59.6 Å². The minimum atomic E-state index is -4.45. The molecule has 0 aliphatic carbocycles. The van der Waals surface area contributed by atoms with Gasteiger partial charge in [-0.3, -0.25) is 14.6 Å². The van der Waals surface area contributed by atoms with E-state index in [4.69, 9.17) is 25.8 Å². The molecule has 3 aromatic carbocycles. The van der Waals surface area contributed by atoms with Gasteiger partial charge in [-0.25, -0.2) is 24.1 Å². The second kappa shape index (κ2) is 20.8. The molecule has 0 unspecified atom stereocenters. The lowest BCUT2D eigenvalue weighted by Gasteiger charge is -2.36. The van der Waals surface area contributed by atoms with E-state index >= 15 is 0 Å². The number of halogens is 8. The second-order valence-corrected chi connectivity index (χ2v) is 17.9. The number of alkyl halides is 6. The molecule has 6 aromatic rings. The number of amides is 1. The number of hydrogen-bond donors (Lipinski definition) is 1. The molecule has 4 bridgehead atoms. The number of carbonyl (C=O) groups is 2. The molecule has 1 amide bonds. The van der Waals surface area contributed by atoms with Crippen LogP contribution in [0.5, 0.6) is 17.6 Å². The van der Waals surface area contributed by atoms with Crippen molar-refractivity contribution in [3.63, 3.8) is 0 Å². The Morgan fingerprint density at radius 3 is 2.39 bits per heavy atom. The van der Waals surface area contributed by atoms with Gasteiger partial charge < -0.3 is 24.2 Å². The number of rotatable bonds is 12. The number of carbonyl (C=O) groups excluding carboxylic acids is 1. The number of carboxylic acids is 1. The van der Waals surface area contributed by atoms with E-state index < -0.39 is 49.8 Å². The molecule has 9 rings (SSSR count). The molecule has 1 saturated heterocycles. The van der Waals surface area contributed by atoms with Gasteiger partial charge in [-0.05, 0) is 64.6 Å². The van der Waals surface area contributed by atoms with Crippen LogP contribution < -0.4 is 14.2 Å². The summed E-state index contributed by atoms with van der Waals surface area (Å²) in [6.45, 7) is 1.62. The highest BCUT2D eigenvalue weighted by molar-refractivity contribution is 7.22. The maximum atomic E-state index is 14.5. The Morgan fingerprint density at radius 1 is 0.913 bits per heavy atom. The zero-order chi connectivity index (χ0) is 49.0. The van der Waals surface area contributed by atoms with Crippen molar-refractivity contribution in [3.05, 3.63) is 112 Å². The first kappa shape index (κ1) is 49.3. The van der Waals surface area contributed by atoms with Gasteiger partial charge >= 0.3 is 24.3 Å². The van der Waals surface area contributed by atoms with E-state index in [2.05, 4.69) is 19.9 Å². The summed E-state index contributed by atoms with van der Waals surface area (Å²) in [5.74, 6) is -2.02. The summed E-state index contributed by atoms with van der Waals surface area (Å²) in [5.41, 5.74) is 4.02. The quantitative estimate of drug-likeness (QED) is 0.117. The number of nitrogens with zero attached hydrogens (tertiary/aromatic N) is 7. The van der Waals surface area contributed by atoms with Crippen LogP contribution in [0.25, 0.3) is 31.8 Å². The first-order valence-electron chi connectivity index (χ1n) is 21.6. The highest BCUT2D eigenvalue weighted by atomic mass is 35.5. The lowest BCUT2D eigenvalue weighted by atomic mass is 9.94. The van der Waals surface area contributed by atoms with Gasteiger partial charge in [-0.1, -0.05) is 48.0 Å². The number of fused-ring (bicyclic) bond motifs is 7. The molecule has 0 spiro atoms. The number of thiophene rings is 1. The number of benzene rings is 3. The molecule has 1 N–H and O–H groups in total. The summed E-state index contributed by atoms with van der Waals surface area (Å²) in [4.78, 5) is 50.7. The van der Waals surface area contributed by atoms with E-state index in [1.165, 1.54) is 47.0 Å². The third-order valence-corrected chi connectivity index (χ3v) is 13.3. The normalized spacial score (nSPS) is 16.4. The Bertz CT molecular complexity index is 2830. The Balaban J connectivity index is 1.18. The van der Waals surface area contributed by atoms with Crippen molar-refractivity contribution in [1.29, 1.82) is 0 Å². The summed E-state index contributed by atoms with van der Waals surface area (Å²) in [6.07, 6.45) is -9.53. The maximum Gasteiger partial charge on any atom is 0.401 e. The largest absolute Gasteiger partial charge is 0.487 e. The molecular weight excluding hydrogens is 959 g/mol. The summed E-state index contributed by atoms with van der Waals surface area (Å²) >= 11 is 8.48. The fraction of sp³-hybridized carbons (Fsp3) is 0.362. The number of hydrogen-bond acceptors (Lipinski definition) is 12. The van der Waals surface area contributed by atoms with Crippen molar-refractivity contribution >= 4 is 45.0 Å². The van der Waals surface area contributed by atoms with Crippen molar-refractivity contribution in [2.24, 2.45) is 0 Å². The molecule has 13 nitrogen and oxygen atoms in total. The van der Waals surface area contributed by atoms with Gasteiger partial charge in [0, 0.05) is 73.9 Å². The van der Waals surface area contributed by atoms with Crippen LogP contribution in [0.15, 0.2) is 73.2 Å². The van der Waals surface area contributed by atoms with Crippen LogP contribution in [0, 0.1) is 12.7 Å². The van der Waals surface area contributed by atoms with Crippen LogP contribution in [-0.4, -0.2) is 122 Å². The third-order valence-electron chi connectivity index (χ3n) is 11.7. The molecule has 6 heterocycles. The minimum Gasteiger partial charge on any atom is -0.487 e. The summed E-state index contributed by atoms with van der Waals surface area (Å²) < 4.78 is 110. The molecule has 3 aliphatic rings. The molecule has 0 radical (unpaired) electrons. The first-order chi connectivity index (χ1) is 32.9. The summed E-state index contributed by atoms with van der Waals surface area (Å²) in [7, 11) is 0. The Kier molecular flexibility index (Phi) is 14.9.